The van der Waals surface area contributed by atoms with E-state index >= 15 is 0 Å². The fourth-order valence-corrected chi connectivity index (χ4v) is 2.96. The number of ether oxygens (including phenoxy) is 1. The van der Waals surface area contributed by atoms with Crippen LogP contribution in [0.4, 0.5) is 0 Å². The molecule has 0 atom stereocenters. The highest BCUT2D eigenvalue weighted by atomic mass is 35.5. The molecule has 146 valence electrons. The standard InChI is InChI=1S/C22H23Cl2N3O/c1-15(2)25-12-3-13-28-20-14-26-21(16-4-8-18(23)9-5-16)22(27-20)17-6-10-19(24)11-7-17/h4-11,14-15,25H,3,12-13H2,1-2H3. The second kappa shape index (κ2) is 9.87. The lowest BCUT2D eigenvalue weighted by Gasteiger charge is -2.12. The topological polar surface area (TPSA) is 47.0 Å². The fourth-order valence-electron chi connectivity index (χ4n) is 2.71. The Kier molecular flexibility index (Phi) is 7.26. The first-order chi connectivity index (χ1) is 13.5. The van der Waals surface area contributed by atoms with Gasteiger partial charge in [-0.3, -0.25) is 0 Å². The van der Waals surface area contributed by atoms with E-state index in [-0.39, 0.29) is 0 Å². The second-order valence-electron chi connectivity index (χ2n) is 6.73. The van der Waals surface area contributed by atoms with E-state index in [0.29, 0.717) is 28.6 Å². The molecule has 0 unspecified atom stereocenters. The number of nitrogens with one attached hydrogen (secondary N) is 1. The van der Waals surface area contributed by atoms with Gasteiger partial charge in [-0.25, -0.2) is 9.97 Å². The maximum Gasteiger partial charge on any atom is 0.232 e. The molecule has 0 spiro atoms. The summed E-state index contributed by atoms with van der Waals surface area (Å²) in [5, 5.41) is 4.73. The number of rotatable bonds is 8. The first-order valence-electron chi connectivity index (χ1n) is 9.28. The third-order valence-electron chi connectivity index (χ3n) is 4.11. The number of benzene rings is 2. The van der Waals surface area contributed by atoms with Crippen LogP contribution < -0.4 is 10.1 Å². The Hall–Kier alpha value is -2.14. The molecular formula is C22H23Cl2N3O. The molecule has 0 aliphatic heterocycles. The van der Waals surface area contributed by atoms with Crippen LogP contribution in [0.1, 0.15) is 20.3 Å². The lowest BCUT2D eigenvalue weighted by Crippen LogP contribution is -2.24. The van der Waals surface area contributed by atoms with Gasteiger partial charge in [0.05, 0.1) is 18.5 Å². The van der Waals surface area contributed by atoms with Gasteiger partial charge in [0.1, 0.15) is 5.69 Å². The minimum absolute atomic E-state index is 0.468. The molecule has 1 heterocycles. The summed E-state index contributed by atoms with van der Waals surface area (Å²) >= 11 is 12.1. The number of aromatic nitrogens is 2. The van der Waals surface area contributed by atoms with E-state index in [9.17, 15) is 0 Å². The van der Waals surface area contributed by atoms with Gasteiger partial charge >= 0.3 is 0 Å². The van der Waals surface area contributed by atoms with Crippen molar-refractivity contribution in [2.24, 2.45) is 0 Å². The quantitative estimate of drug-likeness (QED) is 0.466. The molecule has 0 bridgehead atoms. The van der Waals surface area contributed by atoms with Crippen LogP contribution in [0.5, 0.6) is 5.88 Å². The Balaban J connectivity index is 1.85. The summed E-state index contributed by atoms with van der Waals surface area (Å²) in [4.78, 5) is 9.35. The van der Waals surface area contributed by atoms with Crippen LogP contribution in [-0.2, 0) is 0 Å². The maximum absolute atomic E-state index is 6.04. The zero-order valence-corrected chi connectivity index (χ0v) is 17.5. The van der Waals surface area contributed by atoms with Crippen LogP contribution in [-0.4, -0.2) is 29.2 Å². The van der Waals surface area contributed by atoms with Crippen molar-refractivity contribution in [1.29, 1.82) is 0 Å². The Morgan fingerprint density at radius 1 is 0.893 bits per heavy atom. The van der Waals surface area contributed by atoms with Gasteiger partial charge < -0.3 is 10.1 Å². The molecule has 0 fully saturated rings. The Morgan fingerprint density at radius 3 is 2.04 bits per heavy atom. The van der Waals surface area contributed by atoms with Gasteiger partial charge in [0.15, 0.2) is 0 Å². The third-order valence-corrected chi connectivity index (χ3v) is 4.61. The molecule has 4 nitrogen and oxygen atoms in total. The average Bonchev–Trinajstić information content (AvgIpc) is 2.69. The number of hydrogen-bond donors (Lipinski definition) is 1. The summed E-state index contributed by atoms with van der Waals surface area (Å²) in [6, 6.07) is 15.6. The Labute approximate surface area is 175 Å². The molecule has 2 aromatic carbocycles. The Morgan fingerprint density at radius 2 is 1.46 bits per heavy atom. The van der Waals surface area contributed by atoms with Crippen LogP contribution in [0, 0.1) is 0 Å². The van der Waals surface area contributed by atoms with Gasteiger partial charge in [-0.15, -0.1) is 0 Å². The second-order valence-corrected chi connectivity index (χ2v) is 7.60. The molecule has 1 N–H and O–H groups in total. The SMILES string of the molecule is CC(C)NCCCOc1cnc(-c2ccc(Cl)cc2)c(-c2ccc(Cl)cc2)n1. The highest BCUT2D eigenvalue weighted by Gasteiger charge is 2.13. The molecule has 0 saturated heterocycles. The maximum atomic E-state index is 6.04. The van der Waals surface area contributed by atoms with E-state index in [1.54, 1.807) is 6.20 Å². The van der Waals surface area contributed by atoms with E-state index in [1.165, 1.54) is 0 Å². The van der Waals surface area contributed by atoms with E-state index in [1.807, 2.05) is 48.5 Å². The molecule has 28 heavy (non-hydrogen) atoms. The van der Waals surface area contributed by atoms with Crippen LogP contribution >= 0.6 is 23.2 Å². The molecule has 1 aromatic heterocycles. The molecule has 0 saturated carbocycles. The zero-order valence-electron chi connectivity index (χ0n) is 16.0. The van der Waals surface area contributed by atoms with Crippen molar-refractivity contribution in [3.05, 3.63) is 64.8 Å². The summed E-state index contributed by atoms with van der Waals surface area (Å²) in [7, 11) is 0. The minimum Gasteiger partial charge on any atom is -0.477 e. The smallest absolute Gasteiger partial charge is 0.232 e. The zero-order chi connectivity index (χ0) is 19.9. The van der Waals surface area contributed by atoms with E-state index in [0.717, 1.165) is 35.5 Å². The number of hydrogen-bond acceptors (Lipinski definition) is 4. The van der Waals surface area contributed by atoms with Crippen LogP contribution in [0.2, 0.25) is 10.0 Å². The van der Waals surface area contributed by atoms with Gasteiger partial charge in [-0.2, -0.15) is 0 Å². The molecule has 3 rings (SSSR count). The number of halogens is 2. The van der Waals surface area contributed by atoms with Crippen LogP contribution in [0.15, 0.2) is 54.7 Å². The first kappa shape index (κ1) is 20.6. The van der Waals surface area contributed by atoms with Gasteiger partial charge in [0, 0.05) is 27.2 Å². The minimum atomic E-state index is 0.468. The molecular weight excluding hydrogens is 393 g/mol. The molecule has 3 aromatic rings. The number of nitrogens with zero attached hydrogens (tertiary/aromatic N) is 2. The Bertz CT molecular complexity index is 897. The van der Waals surface area contributed by atoms with Gasteiger partial charge in [0.25, 0.3) is 0 Å². The molecule has 0 amide bonds. The van der Waals surface area contributed by atoms with Crippen molar-refractivity contribution in [1.82, 2.24) is 15.3 Å². The van der Waals surface area contributed by atoms with Crippen LogP contribution in [0.3, 0.4) is 0 Å². The lowest BCUT2D eigenvalue weighted by atomic mass is 10.0. The van der Waals surface area contributed by atoms with E-state index < -0.39 is 0 Å². The van der Waals surface area contributed by atoms with Crippen molar-refractivity contribution in [3.63, 3.8) is 0 Å². The fraction of sp³-hybridized carbons (Fsp3) is 0.273. The normalized spacial score (nSPS) is 11.0. The molecule has 6 heteroatoms. The van der Waals surface area contributed by atoms with Gasteiger partial charge in [-0.05, 0) is 37.2 Å². The van der Waals surface area contributed by atoms with Crippen molar-refractivity contribution in [2.75, 3.05) is 13.2 Å². The highest BCUT2D eigenvalue weighted by Crippen LogP contribution is 2.31. The van der Waals surface area contributed by atoms with E-state index in [4.69, 9.17) is 32.9 Å². The summed E-state index contributed by atoms with van der Waals surface area (Å²) in [6.45, 7) is 5.73. The highest BCUT2D eigenvalue weighted by molar-refractivity contribution is 6.31. The first-order valence-corrected chi connectivity index (χ1v) is 10.0. The molecule has 0 radical (unpaired) electrons. The summed E-state index contributed by atoms with van der Waals surface area (Å²) in [5.41, 5.74) is 3.38. The van der Waals surface area contributed by atoms with Crippen molar-refractivity contribution in [2.45, 2.75) is 26.3 Å². The summed E-state index contributed by atoms with van der Waals surface area (Å²) in [5.74, 6) is 0.507. The monoisotopic (exact) mass is 415 g/mol. The summed E-state index contributed by atoms with van der Waals surface area (Å²) in [6.07, 6.45) is 2.56. The predicted molar refractivity (Wildman–Crippen MR) is 116 cm³/mol. The van der Waals surface area contributed by atoms with Crippen molar-refractivity contribution < 1.29 is 4.74 Å². The third kappa shape index (κ3) is 5.68. The summed E-state index contributed by atoms with van der Waals surface area (Å²) < 4.78 is 5.82. The average molecular weight is 416 g/mol. The predicted octanol–water partition coefficient (Wildman–Crippen LogP) is 5.88. The van der Waals surface area contributed by atoms with E-state index in [2.05, 4.69) is 24.1 Å². The molecule has 0 aliphatic rings. The van der Waals surface area contributed by atoms with Crippen molar-refractivity contribution >= 4 is 23.2 Å². The molecule has 0 aliphatic carbocycles. The largest absolute Gasteiger partial charge is 0.477 e. The van der Waals surface area contributed by atoms with Gasteiger partial charge in [-0.1, -0.05) is 61.3 Å². The van der Waals surface area contributed by atoms with Crippen molar-refractivity contribution in [3.8, 4) is 28.4 Å². The lowest BCUT2D eigenvalue weighted by molar-refractivity contribution is 0.294. The van der Waals surface area contributed by atoms with Crippen LogP contribution in [0.25, 0.3) is 22.5 Å². The van der Waals surface area contributed by atoms with Gasteiger partial charge in [0.2, 0.25) is 5.88 Å².